The standard InChI is InChI=1S/C28H34N6O2/c1-4-19-7-9-30-25(13-19)31-23-14-21(16-29)28(32-27(23)20-5-6-20)33-10-11-34(24(17-33)18(2)3)26(35)15-22-8-12-36-22/h4,7,9,13-14,18,20,22,24H,1,5-6,8,10-12,15,17H2,2-3H3,(H,30,31)/t22-,24+/m1/s1. The highest BCUT2D eigenvalue weighted by molar-refractivity contribution is 5.78. The Bertz CT molecular complexity index is 1180. The first-order valence-electron chi connectivity index (χ1n) is 12.9. The number of ether oxygens (including phenoxy) is 1. The average Bonchev–Trinajstić information content (AvgIpc) is 3.71. The molecule has 3 aliphatic rings. The first-order valence-corrected chi connectivity index (χ1v) is 12.9. The fourth-order valence-corrected chi connectivity index (χ4v) is 5.03. The van der Waals surface area contributed by atoms with Gasteiger partial charge in [0.1, 0.15) is 17.7 Å². The summed E-state index contributed by atoms with van der Waals surface area (Å²) in [6.07, 6.45) is 7.20. The molecule has 8 heteroatoms. The summed E-state index contributed by atoms with van der Waals surface area (Å²) < 4.78 is 5.50. The van der Waals surface area contributed by atoms with Crippen molar-refractivity contribution in [2.75, 3.05) is 36.5 Å². The van der Waals surface area contributed by atoms with Crippen LogP contribution in [0.5, 0.6) is 0 Å². The molecule has 8 nitrogen and oxygen atoms in total. The van der Waals surface area contributed by atoms with Crippen LogP contribution in [0.15, 0.2) is 31.0 Å². The number of pyridine rings is 2. The first kappa shape index (κ1) is 24.3. The molecule has 36 heavy (non-hydrogen) atoms. The van der Waals surface area contributed by atoms with Gasteiger partial charge in [-0.25, -0.2) is 9.97 Å². The summed E-state index contributed by atoms with van der Waals surface area (Å²) in [4.78, 5) is 26.8. The number of carbonyl (C=O) groups is 1. The Labute approximate surface area is 213 Å². The molecule has 3 fully saturated rings. The van der Waals surface area contributed by atoms with Gasteiger partial charge in [-0.1, -0.05) is 26.5 Å². The van der Waals surface area contributed by atoms with Gasteiger partial charge in [0.25, 0.3) is 0 Å². The van der Waals surface area contributed by atoms with Crippen LogP contribution in [0.3, 0.4) is 0 Å². The number of piperazine rings is 1. The molecule has 2 aromatic heterocycles. The van der Waals surface area contributed by atoms with Crippen molar-refractivity contribution in [3.63, 3.8) is 0 Å². The second-order valence-corrected chi connectivity index (χ2v) is 10.3. The number of nitrogens with one attached hydrogen (secondary N) is 1. The van der Waals surface area contributed by atoms with Crippen LogP contribution in [-0.4, -0.2) is 59.2 Å². The van der Waals surface area contributed by atoms with E-state index in [0.717, 1.165) is 48.6 Å². The smallest absolute Gasteiger partial charge is 0.225 e. The fourth-order valence-electron chi connectivity index (χ4n) is 5.03. The van der Waals surface area contributed by atoms with E-state index in [0.29, 0.717) is 43.4 Å². The number of nitriles is 1. The maximum atomic E-state index is 13.0. The third kappa shape index (κ3) is 5.07. The number of carbonyl (C=O) groups excluding carboxylic acids is 1. The third-order valence-electron chi connectivity index (χ3n) is 7.40. The van der Waals surface area contributed by atoms with Gasteiger partial charge in [0, 0.05) is 38.4 Å². The second kappa shape index (κ2) is 10.3. The molecule has 2 atom stereocenters. The molecule has 4 heterocycles. The average molecular weight is 487 g/mol. The summed E-state index contributed by atoms with van der Waals surface area (Å²) in [6.45, 7) is 10.8. The lowest BCUT2D eigenvalue weighted by Gasteiger charge is -2.44. The number of nitrogens with zero attached hydrogens (tertiary/aromatic N) is 5. The number of hydrogen-bond donors (Lipinski definition) is 1. The SMILES string of the molecule is C=Cc1ccnc(Nc2cc(C#N)c(N3CCN(C(=O)C[C@H]4CCO4)[C@H](C(C)C)C3)nc2C2CC2)c1. The van der Waals surface area contributed by atoms with Crippen molar-refractivity contribution in [1.29, 1.82) is 5.26 Å². The minimum atomic E-state index is 0.0627. The molecule has 0 bridgehead atoms. The predicted molar refractivity (Wildman–Crippen MR) is 140 cm³/mol. The number of rotatable bonds is 8. The van der Waals surface area contributed by atoms with Crippen LogP contribution in [0.25, 0.3) is 6.08 Å². The van der Waals surface area contributed by atoms with Crippen molar-refractivity contribution in [3.05, 3.63) is 47.8 Å². The Hall–Kier alpha value is -3.44. The van der Waals surface area contributed by atoms with E-state index in [9.17, 15) is 10.1 Å². The normalized spacial score (nSPS) is 21.6. The zero-order chi connectivity index (χ0) is 25.2. The van der Waals surface area contributed by atoms with Gasteiger partial charge in [0.15, 0.2) is 0 Å². The van der Waals surface area contributed by atoms with Crippen molar-refractivity contribution in [2.45, 2.75) is 57.6 Å². The lowest BCUT2D eigenvalue weighted by molar-refractivity contribution is -0.142. The summed E-state index contributed by atoms with van der Waals surface area (Å²) >= 11 is 0. The molecule has 1 saturated carbocycles. The molecule has 2 aromatic rings. The predicted octanol–water partition coefficient (Wildman–Crippen LogP) is 4.46. The molecule has 0 unspecified atom stereocenters. The quantitative estimate of drug-likeness (QED) is 0.588. The van der Waals surface area contributed by atoms with E-state index >= 15 is 0 Å². The highest BCUT2D eigenvalue weighted by atomic mass is 16.5. The number of hydrogen-bond acceptors (Lipinski definition) is 7. The molecule has 1 N–H and O–H groups in total. The lowest BCUT2D eigenvalue weighted by atomic mass is 9.97. The highest BCUT2D eigenvalue weighted by Crippen LogP contribution is 2.44. The maximum Gasteiger partial charge on any atom is 0.225 e. The molecule has 1 amide bonds. The van der Waals surface area contributed by atoms with Gasteiger partial charge in [0.2, 0.25) is 5.91 Å². The minimum absolute atomic E-state index is 0.0627. The van der Waals surface area contributed by atoms with E-state index in [1.165, 1.54) is 0 Å². The van der Waals surface area contributed by atoms with Crippen LogP contribution in [-0.2, 0) is 9.53 Å². The van der Waals surface area contributed by atoms with Gasteiger partial charge in [-0.3, -0.25) is 4.79 Å². The Morgan fingerprint density at radius 1 is 1.33 bits per heavy atom. The third-order valence-corrected chi connectivity index (χ3v) is 7.40. The summed E-state index contributed by atoms with van der Waals surface area (Å²) in [5, 5.41) is 13.5. The van der Waals surface area contributed by atoms with Gasteiger partial charge < -0.3 is 19.9 Å². The molecule has 0 spiro atoms. The second-order valence-electron chi connectivity index (χ2n) is 10.3. The first-order chi connectivity index (χ1) is 17.5. The van der Waals surface area contributed by atoms with E-state index in [1.807, 2.05) is 23.1 Å². The van der Waals surface area contributed by atoms with Gasteiger partial charge in [-0.05, 0) is 48.9 Å². The summed E-state index contributed by atoms with van der Waals surface area (Å²) in [7, 11) is 0. The Kier molecular flexibility index (Phi) is 6.92. The van der Waals surface area contributed by atoms with Gasteiger partial charge >= 0.3 is 0 Å². The Balaban J connectivity index is 1.40. The largest absolute Gasteiger partial charge is 0.377 e. The number of amides is 1. The molecule has 1 aliphatic carbocycles. The van der Waals surface area contributed by atoms with Gasteiger partial charge in [-0.15, -0.1) is 0 Å². The lowest BCUT2D eigenvalue weighted by Crippen LogP contribution is -2.58. The monoisotopic (exact) mass is 486 g/mol. The summed E-state index contributed by atoms with van der Waals surface area (Å²) in [5.74, 6) is 2.26. The molecule has 2 aliphatic heterocycles. The van der Waals surface area contributed by atoms with Crippen LogP contribution in [0.4, 0.5) is 17.3 Å². The summed E-state index contributed by atoms with van der Waals surface area (Å²) in [6, 6.07) is 8.18. The molecule has 2 saturated heterocycles. The zero-order valence-corrected chi connectivity index (χ0v) is 21.1. The van der Waals surface area contributed by atoms with E-state index in [4.69, 9.17) is 9.72 Å². The van der Waals surface area contributed by atoms with Crippen LogP contribution in [0.2, 0.25) is 0 Å². The highest BCUT2D eigenvalue weighted by Gasteiger charge is 2.36. The van der Waals surface area contributed by atoms with E-state index in [1.54, 1.807) is 12.3 Å². The molecular formula is C28H34N6O2. The van der Waals surface area contributed by atoms with E-state index in [2.05, 4.69) is 41.7 Å². The van der Waals surface area contributed by atoms with Crippen molar-refractivity contribution in [2.24, 2.45) is 5.92 Å². The molecule has 0 radical (unpaired) electrons. The number of anilines is 3. The van der Waals surface area contributed by atoms with Crippen LogP contribution >= 0.6 is 0 Å². The van der Waals surface area contributed by atoms with Gasteiger partial charge in [0.05, 0.1) is 35.5 Å². The Morgan fingerprint density at radius 2 is 2.14 bits per heavy atom. The van der Waals surface area contributed by atoms with Crippen molar-refractivity contribution < 1.29 is 9.53 Å². The van der Waals surface area contributed by atoms with E-state index in [-0.39, 0.29) is 24.0 Å². The van der Waals surface area contributed by atoms with Gasteiger partial charge in [-0.2, -0.15) is 5.26 Å². The van der Waals surface area contributed by atoms with Crippen LogP contribution < -0.4 is 10.2 Å². The number of aromatic nitrogens is 2. The van der Waals surface area contributed by atoms with Crippen molar-refractivity contribution in [3.8, 4) is 6.07 Å². The minimum Gasteiger partial charge on any atom is -0.377 e. The summed E-state index contributed by atoms with van der Waals surface area (Å²) in [5.41, 5.74) is 3.33. The Morgan fingerprint density at radius 3 is 2.78 bits per heavy atom. The van der Waals surface area contributed by atoms with Crippen LogP contribution in [0, 0.1) is 17.2 Å². The molecule has 0 aromatic carbocycles. The molecule has 188 valence electrons. The topological polar surface area (TPSA) is 94.4 Å². The van der Waals surface area contributed by atoms with Crippen molar-refractivity contribution in [1.82, 2.24) is 14.9 Å². The maximum absolute atomic E-state index is 13.0. The van der Waals surface area contributed by atoms with Crippen LogP contribution in [0.1, 0.15) is 62.3 Å². The van der Waals surface area contributed by atoms with Crippen molar-refractivity contribution >= 4 is 29.3 Å². The van der Waals surface area contributed by atoms with E-state index < -0.39 is 0 Å². The molecule has 5 rings (SSSR count). The zero-order valence-electron chi connectivity index (χ0n) is 21.1. The molecular weight excluding hydrogens is 452 g/mol. The fraction of sp³-hybridized carbons (Fsp3) is 0.500.